The fraction of sp³-hybridized carbons (Fsp3) is 0.455. The molecule has 1 aromatic carbocycles. The minimum atomic E-state index is -0.830. The molecule has 0 aliphatic carbocycles. The van der Waals surface area contributed by atoms with Crippen LogP contribution in [-0.4, -0.2) is 13.2 Å². The second-order valence-corrected chi connectivity index (χ2v) is 6.02. The van der Waals surface area contributed by atoms with E-state index >= 15 is 0 Å². The molecule has 0 aliphatic heterocycles. The first-order valence-electron chi connectivity index (χ1n) is 5.06. The highest BCUT2D eigenvalue weighted by molar-refractivity contribution is 8.52. The Labute approximate surface area is 97.0 Å². The maximum atomic E-state index is 5.52. The summed E-state index contributed by atoms with van der Waals surface area (Å²) in [5, 5.41) is 0. The van der Waals surface area contributed by atoms with E-state index in [1.54, 1.807) is 11.4 Å². The average Bonchev–Trinajstić information content (AvgIpc) is 2.22. The van der Waals surface area contributed by atoms with Gasteiger partial charge >= 0.3 is 0 Å². The van der Waals surface area contributed by atoms with Crippen LogP contribution in [-0.2, 0) is 9.05 Å². The van der Waals surface area contributed by atoms with Gasteiger partial charge in [0.1, 0.15) is 0 Å². The Morgan fingerprint density at radius 1 is 1.07 bits per heavy atom. The summed E-state index contributed by atoms with van der Waals surface area (Å²) in [7, 11) is -0.830. The van der Waals surface area contributed by atoms with Gasteiger partial charge in [-0.05, 0) is 44.3 Å². The van der Waals surface area contributed by atoms with E-state index in [0.29, 0.717) is 13.2 Å². The zero-order valence-electron chi connectivity index (χ0n) is 9.40. The van der Waals surface area contributed by atoms with Gasteiger partial charge in [-0.1, -0.05) is 17.7 Å². The number of hydrogen-bond donors (Lipinski definition) is 0. The molecule has 4 heteroatoms. The average molecular weight is 244 g/mol. The smallest absolute Gasteiger partial charge is 0.243 e. The molecule has 1 aromatic rings. The predicted molar refractivity (Wildman–Crippen MR) is 67.2 cm³/mol. The second-order valence-electron chi connectivity index (χ2n) is 2.96. The Balaban J connectivity index is 2.53. The summed E-state index contributed by atoms with van der Waals surface area (Å²) in [6, 6.07) is 8.42. The van der Waals surface area contributed by atoms with E-state index in [2.05, 4.69) is 31.2 Å². The van der Waals surface area contributed by atoms with Crippen molar-refractivity contribution in [3.8, 4) is 0 Å². The van der Waals surface area contributed by atoms with Gasteiger partial charge in [-0.3, -0.25) is 0 Å². The minimum Gasteiger partial charge on any atom is -0.326 e. The summed E-state index contributed by atoms with van der Waals surface area (Å²) in [4.78, 5) is 1.20. The van der Waals surface area contributed by atoms with Gasteiger partial charge in [0.25, 0.3) is 0 Å². The quantitative estimate of drug-likeness (QED) is 0.691. The third-order valence-corrected chi connectivity index (χ3v) is 4.95. The van der Waals surface area contributed by atoms with Gasteiger partial charge in [0.15, 0.2) is 0 Å². The molecule has 15 heavy (non-hydrogen) atoms. The van der Waals surface area contributed by atoms with E-state index in [1.165, 1.54) is 10.5 Å². The van der Waals surface area contributed by atoms with E-state index in [-0.39, 0.29) is 0 Å². The predicted octanol–water partition coefficient (Wildman–Crippen LogP) is 4.39. The van der Waals surface area contributed by atoms with E-state index < -0.39 is 7.58 Å². The fourth-order valence-electron chi connectivity index (χ4n) is 0.986. The molecule has 1 rings (SSSR count). The van der Waals surface area contributed by atoms with Crippen LogP contribution in [0.15, 0.2) is 29.2 Å². The van der Waals surface area contributed by atoms with Crippen LogP contribution >= 0.6 is 19.0 Å². The summed E-state index contributed by atoms with van der Waals surface area (Å²) in [5.74, 6) is 0. The van der Waals surface area contributed by atoms with Gasteiger partial charge in [-0.25, -0.2) is 0 Å². The Morgan fingerprint density at radius 2 is 1.60 bits per heavy atom. The van der Waals surface area contributed by atoms with Crippen LogP contribution in [0.25, 0.3) is 0 Å². The molecular formula is C11H17O2PS. The van der Waals surface area contributed by atoms with Crippen LogP contribution in [0.4, 0.5) is 0 Å². The highest BCUT2D eigenvalue weighted by Gasteiger charge is 2.11. The topological polar surface area (TPSA) is 18.5 Å². The van der Waals surface area contributed by atoms with Gasteiger partial charge in [0, 0.05) is 4.90 Å². The zero-order chi connectivity index (χ0) is 11.1. The van der Waals surface area contributed by atoms with Crippen LogP contribution in [0.1, 0.15) is 19.4 Å². The minimum absolute atomic E-state index is 0.699. The lowest BCUT2D eigenvalue weighted by atomic mass is 10.2. The van der Waals surface area contributed by atoms with Crippen LogP contribution in [0.3, 0.4) is 0 Å². The Hall–Kier alpha value is -0.0800. The molecule has 0 bridgehead atoms. The van der Waals surface area contributed by atoms with Crippen molar-refractivity contribution in [2.24, 2.45) is 0 Å². The van der Waals surface area contributed by atoms with Crippen molar-refractivity contribution in [2.75, 3.05) is 13.2 Å². The van der Waals surface area contributed by atoms with Crippen molar-refractivity contribution < 1.29 is 9.05 Å². The molecule has 0 radical (unpaired) electrons. The number of benzene rings is 1. The van der Waals surface area contributed by atoms with Crippen molar-refractivity contribution in [3.63, 3.8) is 0 Å². The Bertz CT molecular complexity index is 270. The van der Waals surface area contributed by atoms with Crippen molar-refractivity contribution in [1.82, 2.24) is 0 Å². The van der Waals surface area contributed by atoms with Gasteiger partial charge in [-0.2, -0.15) is 0 Å². The molecule has 0 N–H and O–H groups in total. The molecular weight excluding hydrogens is 227 g/mol. The zero-order valence-corrected chi connectivity index (χ0v) is 11.1. The molecule has 0 saturated carbocycles. The SMILES string of the molecule is CCOP(OCC)Sc1ccc(C)cc1. The number of aryl methyl sites for hydroxylation is 1. The highest BCUT2D eigenvalue weighted by atomic mass is 32.7. The van der Waals surface area contributed by atoms with Crippen molar-refractivity contribution in [2.45, 2.75) is 25.7 Å². The molecule has 2 nitrogen and oxygen atoms in total. The van der Waals surface area contributed by atoms with Gasteiger partial charge in [-0.15, -0.1) is 0 Å². The largest absolute Gasteiger partial charge is 0.326 e. The first-order valence-corrected chi connectivity index (χ1v) is 7.66. The van der Waals surface area contributed by atoms with Crippen LogP contribution < -0.4 is 0 Å². The molecule has 0 heterocycles. The van der Waals surface area contributed by atoms with Crippen LogP contribution in [0, 0.1) is 6.92 Å². The van der Waals surface area contributed by atoms with Gasteiger partial charge in [0.05, 0.1) is 13.2 Å². The summed E-state index contributed by atoms with van der Waals surface area (Å²) in [5.41, 5.74) is 1.27. The second kappa shape index (κ2) is 7.24. The summed E-state index contributed by atoms with van der Waals surface area (Å²) < 4.78 is 11.0. The van der Waals surface area contributed by atoms with E-state index in [1.807, 2.05) is 13.8 Å². The van der Waals surface area contributed by atoms with E-state index in [9.17, 15) is 0 Å². The summed E-state index contributed by atoms with van der Waals surface area (Å²) in [6.07, 6.45) is 0. The molecule has 0 amide bonds. The maximum absolute atomic E-state index is 5.52. The lowest BCUT2D eigenvalue weighted by Gasteiger charge is -2.14. The van der Waals surface area contributed by atoms with Crippen molar-refractivity contribution in [3.05, 3.63) is 29.8 Å². The highest BCUT2D eigenvalue weighted by Crippen LogP contribution is 2.55. The molecule has 0 spiro atoms. The van der Waals surface area contributed by atoms with E-state index in [0.717, 1.165) is 0 Å². The lowest BCUT2D eigenvalue weighted by Crippen LogP contribution is -1.87. The molecule has 0 saturated heterocycles. The third kappa shape index (κ3) is 4.98. The monoisotopic (exact) mass is 244 g/mol. The van der Waals surface area contributed by atoms with Gasteiger partial charge in [0.2, 0.25) is 7.58 Å². The molecule has 0 unspecified atom stereocenters. The first kappa shape index (κ1) is 13.0. The first-order chi connectivity index (χ1) is 7.26. The molecule has 0 atom stereocenters. The number of rotatable bonds is 6. The van der Waals surface area contributed by atoms with Gasteiger partial charge < -0.3 is 9.05 Å². The Morgan fingerprint density at radius 3 is 2.07 bits per heavy atom. The molecule has 84 valence electrons. The van der Waals surface area contributed by atoms with Crippen LogP contribution in [0.5, 0.6) is 0 Å². The standard InChI is InChI=1S/C11H17O2PS/c1-4-12-14(13-5-2)15-11-8-6-10(3)7-9-11/h6-9H,4-5H2,1-3H3. The Kier molecular flexibility index (Phi) is 6.26. The van der Waals surface area contributed by atoms with Crippen molar-refractivity contribution >= 4 is 19.0 Å². The third-order valence-electron chi connectivity index (χ3n) is 1.67. The molecule has 0 aromatic heterocycles. The van der Waals surface area contributed by atoms with Crippen molar-refractivity contribution in [1.29, 1.82) is 0 Å². The summed E-state index contributed by atoms with van der Waals surface area (Å²) >= 11 is 1.67. The number of hydrogen-bond acceptors (Lipinski definition) is 3. The maximum Gasteiger partial charge on any atom is 0.243 e. The lowest BCUT2D eigenvalue weighted by molar-refractivity contribution is 0.283. The van der Waals surface area contributed by atoms with Crippen LogP contribution in [0.2, 0.25) is 0 Å². The molecule has 0 fully saturated rings. The summed E-state index contributed by atoms with van der Waals surface area (Å²) in [6.45, 7) is 7.46. The fourth-order valence-corrected chi connectivity index (χ4v) is 3.85. The molecule has 0 aliphatic rings. The normalized spacial score (nSPS) is 10.9. The van der Waals surface area contributed by atoms with E-state index in [4.69, 9.17) is 9.05 Å².